The molecule has 3 aromatic rings. The summed E-state index contributed by atoms with van der Waals surface area (Å²) >= 11 is 0. The Labute approximate surface area is 219 Å². The number of sulfonamides is 2. The number of hydrogen-bond acceptors (Lipinski definition) is 8. The van der Waals surface area contributed by atoms with E-state index in [9.17, 15) is 25.3 Å². The molecule has 0 aliphatic rings. The summed E-state index contributed by atoms with van der Waals surface area (Å²) in [6.45, 7) is -0.129. The highest BCUT2D eigenvalue weighted by Crippen LogP contribution is 2.26. The molecule has 37 heavy (non-hydrogen) atoms. The predicted octanol–water partition coefficient (Wildman–Crippen LogP) is 1.84. The Balaban J connectivity index is 2.13. The van der Waals surface area contributed by atoms with Gasteiger partial charge < -0.3 is 11.1 Å². The second-order valence-electron chi connectivity index (χ2n) is 8.45. The first-order valence-electron chi connectivity index (χ1n) is 11.5. The van der Waals surface area contributed by atoms with Gasteiger partial charge in [-0.25, -0.2) is 25.3 Å². The van der Waals surface area contributed by atoms with E-state index in [-0.39, 0.29) is 16.8 Å². The fourth-order valence-electron chi connectivity index (χ4n) is 3.79. The van der Waals surface area contributed by atoms with E-state index in [4.69, 9.17) is 5.73 Å². The summed E-state index contributed by atoms with van der Waals surface area (Å²) in [6.07, 6.45) is 0. The van der Waals surface area contributed by atoms with Crippen LogP contribution < -0.4 is 11.1 Å². The molecular formula is C25H31N3O6S3. The third-order valence-electron chi connectivity index (χ3n) is 5.43. The maximum Gasteiger partial charge on any atom is 0.232 e. The van der Waals surface area contributed by atoms with Crippen LogP contribution in [0.1, 0.15) is 16.7 Å². The van der Waals surface area contributed by atoms with Crippen LogP contribution in [-0.2, 0) is 47.1 Å². The summed E-state index contributed by atoms with van der Waals surface area (Å²) in [4.78, 5) is 0. The molecule has 1 unspecified atom stereocenters. The van der Waals surface area contributed by atoms with Gasteiger partial charge in [-0.2, -0.15) is 0 Å². The quantitative estimate of drug-likeness (QED) is 0.282. The van der Waals surface area contributed by atoms with Crippen molar-refractivity contribution in [2.45, 2.75) is 22.6 Å². The lowest BCUT2D eigenvalue weighted by atomic mass is 10.2. The van der Waals surface area contributed by atoms with Gasteiger partial charge in [0.05, 0.1) is 17.3 Å². The van der Waals surface area contributed by atoms with Crippen LogP contribution in [0.4, 0.5) is 0 Å². The molecule has 0 saturated carbocycles. The van der Waals surface area contributed by atoms with Crippen LogP contribution in [0, 0.1) is 0 Å². The lowest BCUT2D eigenvalue weighted by molar-refractivity contribution is 0.449. The maximum atomic E-state index is 13.7. The monoisotopic (exact) mass is 565 g/mol. The van der Waals surface area contributed by atoms with Crippen LogP contribution in [0.5, 0.6) is 0 Å². The van der Waals surface area contributed by atoms with Crippen molar-refractivity contribution >= 4 is 29.9 Å². The molecule has 0 amide bonds. The van der Waals surface area contributed by atoms with Gasteiger partial charge in [-0.15, -0.1) is 0 Å². The minimum absolute atomic E-state index is 0.152. The third kappa shape index (κ3) is 8.19. The highest BCUT2D eigenvalue weighted by Gasteiger charge is 2.46. The predicted molar refractivity (Wildman–Crippen MR) is 145 cm³/mol. The number of nitrogens with two attached hydrogens (primary N) is 1. The second kappa shape index (κ2) is 12.8. The van der Waals surface area contributed by atoms with Crippen molar-refractivity contribution in [2.75, 3.05) is 19.6 Å². The van der Waals surface area contributed by atoms with Crippen molar-refractivity contribution < 1.29 is 25.3 Å². The first-order chi connectivity index (χ1) is 17.5. The van der Waals surface area contributed by atoms with Crippen molar-refractivity contribution in [1.82, 2.24) is 9.03 Å². The molecule has 3 aromatic carbocycles. The van der Waals surface area contributed by atoms with Gasteiger partial charge in [-0.05, 0) is 16.7 Å². The minimum Gasteiger partial charge on any atom is -0.329 e. The fourth-order valence-corrected chi connectivity index (χ4v) is 10.9. The molecule has 0 aliphatic heterocycles. The zero-order chi connectivity index (χ0) is 26.9. The third-order valence-corrected chi connectivity index (χ3v) is 12.0. The molecule has 0 bridgehead atoms. The zero-order valence-corrected chi connectivity index (χ0v) is 22.6. The average Bonchev–Trinajstić information content (AvgIpc) is 2.84. The average molecular weight is 566 g/mol. The summed E-state index contributed by atoms with van der Waals surface area (Å²) in [5.74, 6) is -1.91. The maximum absolute atomic E-state index is 13.7. The Morgan fingerprint density at radius 1 is 0.622 bits per heavy atom. The molecule has 12 heteroatoms. The normalized spacial score (nSPS) is 13.5. The molecule has 0 heterocycles. The van der Waals surface area contributed by atoms with Crippen molar-refractivity contribution in [3.05, 3.63) is 108 Å². The van der Waals surface area contributed by atoms with Crippen molar-refractivity contribution in [3.63, 3.8) is 0 Å². The van der Waals surface area contributed by atoms with Crippen LogP contribution in [-0.4, -0.2) is 54.0 Å². The number of nitrogens with one attached hydrogen (secondary N) is 1. The van der Waals surface area contributed by atoms with Crippen LogP contribution in [0.25, 0.3) is 0 Å². The van der Waals surface area contributed by atoms with Gasteiger partial charge >= 0.3 is 0 Å². The summed E-state index contributed by atoms with van der Waals surface area (Å²) in [6, 6.07) is 24.3. The Bertz CT molecular complexity index is 1380. The highest BCUT2D eigenvalue weighted by atomic mass is 32.3. The smallest absolute Gasteiger partial charge is 0.232 e. The number of rotatable bonds is 14. The van der Waals surface area contributed by atoms with E-state index < -0.39 is 59.1 Å². The van der Waals surface area contributed by atoms with Gasteiger partial charge in [0, 0.05) is 19.6 Å². The van der Waals surface area contributed by atoms with Crippen LogP contribution in [0.15, 0.2) is 91.0 Å². The van der Waals surface area contributed by atoms with Crippen molar-refractivity contribution in [2.24, 2.45) is 5.73 Å². The SMILES string of the molecule is NCCNCC(N(S(=O)(=O)Cc1ccccc1)S(=O)(=O)Cc1ccccc1)S(=O)(=O)Cc1ccccc1. The lowest BCUT2D eigenvalue weighted by Crippen LogP contribution is -2.54. The highest BCUT2D eigenvalue weighted by molar-refractivity contribution is 8.04. The van der Waals surface area contributed by atoms with Gasteiger partial charge in [-0.1, -0.05) is 94.7 Å². The first kappa shape index (κ1) is 29.0. The first-order valence-corrected chi connectivity index (χ1v) is 16.5. The van der Waals surface area contributed by atoms with E-state index >= 15 is 0 Å². The van der Waals surface area contributed by atoms with E-state index in [0.717, 1.165) is 0 Å². The summed E-state index contributed by atoms with van der Waals surface area (Å²) in [7, 11) is -13.7. The Hall–Kier alpha value is -2.61. The van der Waals surface area contributed by atoms with Crippen LogP contribution in [0.2, 0.25) is 0 Å². The van der Waals surface area contributed by atoms with Gasteiger partial charge in [0.2, 0.25) is 20.0 Å². The van der Waals surface area contributed by atoms with Crippen LogP contribution >= 0.6 is 0 Å². The van der Waals surface area contributed by atoms with E-state index in [0.29, 0.717) is 16.7 Å². The molecule has 0 radical (unpaired) electrons. The van der Waals surface area contributed by atoms with E-state index in [2.05, 4.69) is 5.32 Å². The lowest BCUT2D eigenvalue weighted by Gasteiger charge is -2.30. The van der Waals surface area contributed by atoms with Crippen molar-refractivity contribution in [1.29, 1.82) is 0 Å². The van der Waals surface area contributed by atoms with Gasteiger partial charge in [0.15, 0.2) is 15.2 Å². The Kier molecular flexibility index (Phi) is 9.99. The number of benzene rings is 3. The molecule has 0 aromatic heterocycles. The standard InChI is InChI=1S/C25H31N3O6S3/c26-16-17-27-18-25(35(29,30)19-22-10-4-1-5-11-22)28(36(31,32)20-23-12-6-2-7-13-23)37(33,34)21-24-14-8-3-9-15-24/h1-15,25,27H,16-21,26H2. The molecule has 3 N–H and O–H groups in total. The number of sulfone groups is 1. The Morgan fingerprint density at radius 3 is 1.38 bits per heavy atom. The molecule has 0 spiro atoms. The largest absolute Gasteiger partial charge is 0.329 e. The molecule has 0 saturated heterocycles. The van der Waals surface area contributed by atoms with Gasteiger partial charge in [-0.3, -0.25) is 0 Å². The summed E-state index contributed by atoms with van der Waals surface area (Å²) in [5.41, 5.74) is 6.61. The number of hydrogen-bond donors (Lipinski definition) is 2. The topological polar surface area (TPSA) is 144 Å². The van der Waals surface area contributed by atoms with Crippen LogP contribution in [0.3, 0.4) is 0 Å². The van der Waals surface area contributed by atoms with E-state index in [1.807, 2.05) is 0 Å². The minimum atomic E-state index is -4.67. The zero-order valence-electron chi connectivity index (χ0n) is 20.2. The molecule has 200 valence electrons. The molecule has 3 rings (SSSR count). The molecule has 0 aliphatic carbocycles. The fraction of sp³-hybridized carbons (Fsp3) is 0.280. The molecular weight excluding hydrogens is 534 g/mol. The second-order valence-corrected chi connectivity index (χ2v) is 14.5. The molecule has 9 nitrogen and oxygen atoms in total. The number of nitrogens with zero attached hydrogens (tertiary/aromatic N) is 1. The van der Waals surface area contributed by atoms with E-state index in [1.54, 1.807) is 91.0 Å². The molecule has 0 fully saturated rings. The Morgan fingerprint density at radius 2 is 1.00 bits per heavy atom. The van der Waals surface area contributed by atoms with E-state index in [1.165, 1.54) is 0 Å². The van der Waals surface area contributed by atoms with Crippen molar-refractivity contribution in [3.8, 4) is 0 Å². The molecule has 1 atom stereocenters. The summed E-state index contributed by atoms with van der Waals surface area (Å²) < 4.78 is 82.5. The summed E-state index contributed by atoms with van der Waals surface area (Å²) in [5, 5.41) is 0.890. The van der Waals surface area contributed by atoms with Gasteiger partial charge in [0.25, 0.3) is 0 Å². The van der Waals surface area contributed by atoms with Gasteiger partial charge in [0.1, 0.15) is 0 Å².